The summed E-state index contributed by atoms with van der Waals surface area (Å²) in [6.07, 6.45) is 5.46. The highest BCUT2D eigenvalue weighted by molar-refractivity contribution is 5.76. The number of hydrogen-bond donors (Lipinski definition) is 0. The van der Waals surface area contributed by atoms with Gasteiger partial charge in [-0.25, -0.2) is 4.98 Å². The molecule has 0 aliphatic heterocycles. The van der Waals surface area contributed by atoms with Crippen LogP contribution in [0.15, 0.2) is 28.9 Å². The van der Waals surface area contributed by atoms with E-state index in [0.717, 1.165) is 30.3 Å². The summed E-state index contributed by atoms with van der Waals surface area (Å²) in [7, 11) is 0. The quantitative estimate of drug-likeness (QED) is 0.769. The summed E-state index contributed by atoms with van der Waals surface area (Å²) in [4.78, 5) is 23.0. The van der Waals surface area contributed by atoms with Gasteiger partial charge in [0.1, 0.15) is 5.76 Å². The Morgan fingerprint density at radius 1 is 1.20 bits per heavy atom. The molecule has 1 amide bonds. The second-order valence-electron chi connectivity index (χ2n) is 7.36. The lowest BCUT2D eigenvalue weighted by molar-refractivity contribution is -0.131. The Labute approximate surface area is 150 Å². The molecule has 2 heterocycles. The highest BCUT2D eigenvalue weighted by Gasteiger charge is 2.23. The van der Waals surface area contributed by atoms with Crippen molar-refractivity contribution >= 4 is 5.91 Å². The van der Waals surface area contributed by atoms with Gasteiger partial charge in [0.2, 0.25) is 5.91 Å². The molecule has 136 valence electrons. The smallest absolute Gasteiger partial charge is 0.223 e. The van der Waals surface area contributed by atoms with Gasteiger partial charge in [-0.3, -0.25) is 9.78 Å². The first kappa shape index (κ1) is 19.2. The van der Waals surface area contributed by atoms with Crippen LogP contribution in [0.3, 0.4) is 0 Å². The van der Waals surface area contributed by atoms with Crippen LogP contribution in [-0.2, 0) is 23.1 Å². The van der Waals surface area contributed by atoms with E-state index in [2.05, 4.69) is 30.7 Å². The number of amides is 1. The average molecular weight is 343 g/mol. The molecule has 0 saturated heterocycles. The Morgan fingerprint density at radius 2 is 1.88 bits per heavy atom. The van der Waals surface area contributed by atoms with Gasteiger partial charge in [-0.15, -0.1) is 0 Å². The number of carbonyl (C=O) groups excluding carboxylic acids is 1. The number of hydrogen-bond acceptors (Lipinski definition) is 4. The van der Waals surface area contributed by atoms with E-state index in [1.54, 1.807) is 12.4 Å². The van der Waals surface area contributed by atoms with Gasteiger partial charge in [-0.2, -0.15) is 0 Å². The van der Waals surface area contributed by atoms with Crippen molar-refractivity contribution in [3.63, 3.8) is 0 Å². The minimum Gasteiger partial charge on any atom is -0.445 e. The maximum atomic E-state index is 12.5. The zero-order chi connectivity index (χ0) is 18.4. The van der Waals surface area contributed by atoms with Crippen LogP contribution >= 0.6 is 0 Å². The summed E-state index contributed by atoms with van der Waals surface area (Å²) in [5.41, 5.74) is 1.97. The average Bonchev–Trinajstić information content (AvgIpc) is 2.95. The van der Waals surface area contributed by atoms with E-state index in [1.807, 2.05) is 30.9 Å². The molecule has 0 N–H and O–H groups in total. The Balaban J connectivity index is 1.90. The number of carbonyl (C=O) groups is 1. The van der Waals surface area contributed by atoms with Crippen molar-refractivity contribution in [2.45, 2.75) is 59.3 Å². The third kappa shape index (κ3) is 5.41. The van der Waals surface area contributed by atoms with Crippen LogP contribution in [0.4, 0.5) is 0 Å². The number of rotatable bonds is 7. The second kappa shape index (κ2) is 8.28. The van der Waals surface area contributed by atoms with Crippen LogP contribution in [-0.4, -0.2) is 33.9 Å². The molecule has 0 aliphatic rings. The van der Waals surface area contributed by atoms with E-state index in [1.165, 1.54) is 5.56 Å². The summed E-state index contributed by atoms with van der Waals surface area (Å²) in [5, 5.41) is 0. The monoisotopic (exact) mass is 343 g/mol. The van der Waals surface area contributed by atoms with Crippen LogP contribution in [0.25, 0.3) is 0 Å². The van der Waals surface area contributed by atoms with Crippen LogP contribution in [0.1, 0.15) is 57.0 Å². The number of oxazole rings is 1. The molecular formula is C20H29N3O2. The van der Waals surface area contributed by atoms with Gasteiger partial charge in [0.05, 0.1) is 5.69 Å². The molecule has 2 aromatic heterocycles. The summed E-state index contributed by atoms with van der Waals surface area (Å²) in [5.74, 6) is 1.71. The van der Waals surface area contributed by atoms with Crippen molar-refractivity contribution < 1.29 is 9.21 Å². The molecule has 0 fully saturated rings. The fraction of sp³-hybridized carbons (Fsp3) is 0.550. The normalized spacial score (nSPS) is 11.6. The molecule has 5 nitrogen and oxygen atoms in total. The van der Waals surface area contributed by atoms with Crippen molar-refractivity contribution in [3.05, 3.63) is 47.4 Å². The SMILES string of the molecule is CCN(CCc1ccncc1)C(=O)CCc1oc(C(C)(C)C)nc1C. The summed E-state index contributed by atoms with van der Waals surface area (Å²) >= 11 is 0. The number of pyridine rings is 1. The lowest BCUT2D eigenvalue weighted by Crippen LogP contribution is -2.32. The van der Waals surface area contributed by atoms with Gasteiger partial charge in [-0.05, 0) is 38.0 Å². The highest BCUT2D eigenvalue weighted by Crippen LogP contribution is 2.24. The summed E-state index contributed by atoms with van der Waals surface area (Å²) in [6.45, 7) is 11.6. The lowest BCUT2D eigenvalue weighted by atomic mass is 9.97. The molecule has 0 unspecified atom stereocenters. The topological polar surface area (TPSA) is 59.2 Å². The molecule has 0 radical (unpaired) electrons. The van der Waals surface area contributed by atoms with Gasteiger partial charge in [-0.1, -0.05) is 20.8 Å². The molecule has 0 bridgehead atoms. The fourth-order valence-corrected chi connectivity index (χ4v) is 2.63. The van der Waals surface area contributed by atoms with Crippen LogP contribution in [0.2, 0.25) is 0 Å². The molecule has 0 saturated carbocycles. The van der Waals surface area contributed by atoms with Crippen LogP contribution < -0.4 is 0 Å². The standard InChI is InChI=1S/C20H29N3O2/c1-6-23(14-11-16-9-12-21-13-10-16)18(24)8-7-17-15(2)22-19(25-17)20(3,4)5/h9-10,12-13H,6-8,11,14H2,1-5H3. The zero-order valence-corrected chi connectivity index (χ0v) is 16.0. The van der Waals surface area contributed by atoms with Crippen molar-refractivity contribution in [1.29, 1.82) is 0 Å². The lowest BCUT2D eigenvalue weighted by Gasteiger charge is -2.20. The minimum atomic E-state index is -0.118. The van der Waals surface area contributed by atoms with E-state index >= 15 is 0 Å². The van der Waals surface area contributed by atoms with Gasteiger partial charge in [0.15, 0.2) is 5.89 Å². The third-order valence-electron chi connectivity index (χ3n) is 4.25. The van der Waals surface area contributed by atoms with Crippen molar-refractivity contribution in [1.82, 2.24) is 14.9 Å². The summed E-state index contributed by atoms with van der Waals surface area (Å²) in [6, 6.07) is 3.98. The Morgan fingerprint density at radius 3 is 2.44 bits per heavy atom. The van der Waals surface area contributed by atoms with E-state index < -0.39 is 0 Å². The van der Waals surface area contributed by atoms with Gasteiger partial charge in [0.25, 0.3) is 0 Å². The molecule has 0 aliphatic carbocycles. The predicted octanol–water partition coefficient (Wildman–Crippen LogP) is 3.70. The van der Waals surface area contributed by atoms with E-state index in [4.69, 9.17) is 4.42 Å². The van der Waals surface area contributed by atoms with E-state index in [0.29, 0.717) is 19.4 Å². The fourth-order valence-electron chi connectivity index (χ4n) is 2.63. The molecule has 25 heavy (non-hydrogen) atoms. The highest BCUT2D eigenvalue weighted by atomic mass is 16.4. The van der Waals surface area contributed by atoms with Crippen LogP contribution in [0.5, 0.6) is 0 Å². The first-order valence-electron chi connectivity index (χ1n) is 8.94. The van der Waals surface area contributed by atoms with Gasteiger partial charge < -0.3 is 9.32 Å². The number of aromatic nitrogens is 2. The third-order valence-corrected chi connectivity index (χ3v) is 4.25. The first-order chi connectivity index (χ1) is 11.8. The summed E-state index contributed by atoms with van der Waals surface area (Å²) < 4.78 is 5.88. The Hall–Kier alpha value is -2.17. The molecule has 2 aromatic rings. The molecule has 2 rings (SSSR count). The Kier molecular flexibility index (Phi) is 6.34. The maximum Gasteiger partial charge on any atom is 0.223 e. The van der Waals surface area contributed by atoms with Crippen molar-refractivity contribution in [3.8, 4) is 0 Å². The van der Waals surface area contributed by atoms with Gasteiger partial charge >= 0.3 is 0 Å². The number of likely N-dealkylation sites (N-methyl/N-ethyl adjacent to an activating group) is 1. The van der Waals surface area contributed by atoms with E-state index in [-0.39, 0.29) is 11.3 Å². The minimum absolute atomic E-state index is 0.118. The Bertz CT molecular complexity index is 687. The molecule has 0 aromatic carbocycles. The molecule has 5 heteroatoms. The second-order valence-corrected chi connectivity index (χ2v) is 7.36. The molecule has 0 atom stereocenters. The van der Waals surface area contributed by atoms with Crippen molar-refractivity contribution in [2.75, 3.05) is 13.1 Å². The number of nitrogens with zero attached hydrogens (tertiary/aromatic N) is 3. The van der Waals surface area contributed by atoms with E-state index in [9.17, 15) is 4.79 Å². The maximum absolute atomic E-state index is 12.5. The predicted molar refractivity (Wildman–Crippen MR) is 98.5 cm³/mol. The van der Waals surface area contributed by atoms with Gasteiger partial charge in [0, 0.05) is 43.7 Å². The largest absolute Gasteiger partial charge is 0.445 e. The zero-order valence-electron chi connectivity index (χ0n) is 16.0. The molecule has 0 spiro atoms. The van der Waals surface area contributed by atoms with Crippen molar-refractivity contribution in [2.24, 2.45) is 0 Å². The molecular weight excluding hydrogens is 314 g/mol. The van der Waals surface area contributed by atoms with Crippen LogP contribution in [0, 0.1) is 6.92 Å². The first-order valence-corrected chi connectivity index (χ1v) is 8.94. The number of aryl methyl sites for hydroxylation is 2.